The highest BCUT2D eigenvalue weighted by molar-refractivity contribution is 5.91. The highest BCUT2D eigenvalue weighted by atomic mass is 16.5. The van der Waals surface area contributed by atoms with Crippen LogP contribution in [0.5, 0.6) is 5.75 Å². The van der Waals surface area contributed by atoms with Gasteiger partial charge in [0, 0.05) is 19.0 Å². The first-order chi connectivity index (χ1) is 14.5. The summed E-state index contributed by atoms with van der Waals surface area (Å²) in [5.74, 6) is 1.69. The zero-order valence-corrected chi connectivity index (χ0v) is 17.3. The van der Waals surface area contributed by atoms with Crippen LogP contribution in [0.3, 0.4) is 0 Å². The number of benzene rings is 1. The average molecular weight is 413 g/mol. The van der Waals surface area contributed by atoms with Crippen molar-refractivity contribution in [2.45, 2.75) is 45.1 Å². The molecular weight excluding hydrogens is 386 g/mol. The second-order valence-electron chi connectivity index (χ2n) is 7.77. The van der Waals surface area contributed by atoms with Crippen molar-refractivity contribution >= 4 is 17.6 Å². The summed E-state index contributed by atoms with van der Waals surface area (Å²) in [7, 11) is 0. The molecule has 0 spiro atoms. The van der Waals surface area contributed by atoms with E-state index in [-0.39, 0.29) is 29.8 Å². The van der Waals surface area contributed by atoms with E-state index in [9.17, 15) is 9.59 Å². The van der Waals surface area contributed by atoms with E-state index in [1.165, 1.54) is 0 Å². The molecule has 2 N–H and O–H groups in total. The molecule has 9 nitrogen and oxygen atoms in total. The Bertz CT molecular complexity index is 910. The predicted octanol–water partition coefficient (Wildman–Crippen LogP) is 2.69. The van der Waals surface area contributed by atoms with Crippen LogP contribution in [0.4, 0.5) is 10.5 Å². The van der Waals surface area contributed by atoms with Crippen LogP contribution in [-0.4, -0.2) is 52.7 Å². The largest absolute Gasteiger partial charge is 0.492 e. The van der Waals surface area contributed by atoms with Gasteiger partial charge in [0.25, 0.3) is 0 Å². The molecule has 2 aromatic rings. The van der Waals surface area contributed by atoms with Crippen LogP contribution >= 0.6 is 0 Å². The van der Waals surface area contributed by atoms with Crippen LogP contribution in [0.1, 0.15) is 43.8 Å². The fourth-order valence-corrected chi connectivity index (χ4v) is 3.73. The van der Waals surface area contributed by atoms with Gasteiger partial charge in [-0.1, -0.05) is 17.3 Å². The fourth-order valence-electron chi connectivity index (χ4n) is 3.73. The minimum atomic E-state index is -0.278. The number of para-hydroxylation sites is 2. The van der Waals surface area contributed by atoms with E-state index < -0.39 is 0 Å². The van der Waals surface area contributed by atoms with Crippen molar-refractivity contribution in [1.82, 2.24) is 20.4 Å². The first kappa shape index (κ1) is 20.2. The van der Waals surface area contributed by atoms with Crippen LogP contribution in [0, 0.1) is 12.8 Å². The molecule has 1 saturated heterocycles. The molecule has 9 heteroatoms. The number of likely N-dealkylation sites (tertiary alicyclic amines) is 1. The SMILES string of the molecule is CCOc1ccccc1NC(=O)N1CC[C@@H](c2nc(C)no2)[C@@H](NC(=O)C2CC2)C1. The number of nitrogens with one attached hydrogen (secondary N) is 2. The minimum Gasteiger partial charge on any atom is -0.492 e. The Morgan fingerprint density at radius 3 is 2.77 bits per heavy atom. The van der Waals surface area contributed by atoms with Crippen LogP contribution in [0.25, 0.3) is 0 Å². The third-order valence-corrected chi connectivity index (χ3v) is 5.46. The standard InChI is InChI=1S/C21H27N5O4/c1-3-29-18-7-5-4-6-16(18)24-21(28)26-11-10-15(20-22-13(2)25-30-20)17(12-26)23-19(27)14-8-9-14/h4-7,14-15,17H,3,8-12H2,1-2H3,(H,23,27)(H,24,28)/t15-,17+/m1/s1. The van der Waals surface area contributed by atoms with Gasteiger partial charge in [0.1, 0.15) is 5.75 Å². The molecule has 4 rings (SSSR count). The van der Waals surface area contributed by atoms with Crippen LogP contribution in [0.15, 0.2) is 28.8 Å². The maximum atomic E-state index is 12.9. The highest BCUT2D eigenvalue weighted by Gasteiger charge is 2.39. The molecule has 1 saturated carbocycles. The third kappa shape index (κ3) is 4.55. The molecule has 1 aliphatic carbocycles. The summed E-state index contributed by atoms with van der Waals surface area (Å²) in [4.78, 5) is 31.4. The molecular formula is C21H27N5O4. The molecule has 2 fully saturated rings. The lowest BCUT2D eigenvalue weighted by atomic mass is 9.91. The maximum absolute atomic E-state index is 12.9. The molecule has 0 unspecified atom stereocenters. The Balaban J connectivity index is 1.47. The monoisotopic (exact) mass is 413 g/mol. The van der Waals surface area contributed by atoms with Crippen molar-refractivity contribution in [3.63, 3.8) is 0 Å². The summed E-state index contributed by atoms with van der Waals surface area (Å²) in [5, 5.41) is 9.92. The van der Waals surface area contributed by atoms with Crippen molar-refractivity contribution in [2.75, 3.05) is 25.0 Å². The Kier molecular flexibility index (Phi) is 5.87. The second kappa shape index (κ2) is 8.73. The number of rotatable bonds is 6. The van der Waals surface area contributed by atoms with Gasteiger partial charge in [-0.15, -0.1) is 0 Å². The van der Waals surface area contributed by atoms with E-state index in [4.69, 9.17) is 9.26 Å². The summed E-state index contributed by atoms with van der Waals surface area (Å²) in [6, 6.07) is 6.83. The average Bonchev–Trinajstić information content (AvgIpc) is 3.51. The molecule has 0 radical (unpaired) electrons. The number of hydrogen-bond donors (Lipinski definition) is 2. The predicted molar refractivity (Wildman–Crippen MR) is 109 cm³/mol. The number of aromatic nitrogens is 2. The number of nitrogens with zero attached hydrogens (tertiary/aromatic N) is 3. The van der Waals surface area contributed by atoms with Gasteiger partial charge in [-0.25, -0.2) is 4.79 Å². The van der Waals surface area contributed by atoms with Gasteiger partial charge < -0.3 is 24.8 Å². The van der Waals surface area contributed by atoms with Crippen molar-refractivity contribution in [2.24, 2.45) is 5.92 Å². The Morgan fingerprint density at radius 1 is 1.27 bits per heavy atom. The Hall–Kier alpha value is -3.10. The number of piperidine rings is 1. The quantitative estimate of drug-likeness (QED) is 0.754. The van der Waals surface area contributed by atoms with E-state index in [2.05, 4.69) is 20.8 Å². The number of carbonyl (C=O) groups excluding carboxylic acids is 2. The number of amides is 3. The highest BCUT2D eigenvalue weighted by Crippen LogP contribution is 2.32. The van der Waals surface area contributed by atoms with Gasteiger partial charge in [-0.2, -0.15) is 4.98 Å². The number of ether oxygens (including phenoxy) is 1. The van der Waals surface area contributed by atoms with Gasteiger partial charge in [0.05, 0.1) is 24.3 Å². The van der Waals surface area contributed by atoms with E-state index in [1.54, 1.807) is 11.8 Å². The van der Waals surface area contributed by atoms with Gasteiger partial charge in [-0.3, -0.25) is 4.79 Å². The number of aryl methyl sites for hydroxylation is 1. The summed E-state index contributed by atoms with van der Waals surface area (Å²) in [6.07, 6.45) is 2.46. The zero-order chi connectivity index (χ0) is 21.1. The van der Waals surface area contributed by atoms with Crippen molar-refractivity contribution < 1.29 is 18.8 Å². The smallest absolute Gasteiger partial charge is 0.322 e. The molecule has 2 heterocycles. The van der Waals surface area contributed by atoms with Crippen LogP contribution < -0.4 is 15.4 Å². The first-order valence-corrected chi connectivity index (χ1v) is 10.4. The number of urea groups is 1. The summed E-state index contributed by atoms with van der Waals surface area (Å²) < 4.78 is 11.0. The summed E-state index contributed by atoms with van der Waals surface area (Å²) in [6.45, 7) is 5.06. The molecule has 2 atom stereocenters. The molecule has 1 aromatic heterocycles. The minimum absolute atomic E-state index is 0.0326. The second-order valence-corrected chi connectivity index (χ2v) is 7.77. The van der Waals surface area contributed by atoms with E-state index in [0.717, 1.165) is 12.8 Å². The molecule has 1 aromatic carbocycles. The molecule has 160 valence electrons. The van der Waals surface area contributed by atoms with Crippen LogP contribution in [0.2, 0.25) is 0 Å². The van der Waals surface area contributed by atoms with Crippen molar-refractivity contribution in [3.8, 4) is 5.75 Å². The normalized spacial score (nSPS) is 21.2. The number of hydrogen-bond acceptors (Lipinski definition) is 6. The van der Waals surface area contributed by atoms with Gasteiger partial charge in [0.2, 0.25) is 11.8 Å². The zero-order valence-electron chi connectivity index (χ0n) is 17.3. The van der Waals surface area contributed by atoms with E-state index in [1.807, 2.05) is 31.2 Å². The third-order valence-electron chi connectivity index (χ3n) is 5.46. The topological polar surface area (TPSA) is 110 Å². The van der Waals surface area contributed by atoms with Gasteiger partial charge in [0.15, 0.2) is 5.82 Å². The first-order valence-electron chi connectivity index (χ1n) is 10.4. The molecule has 0 bridgehead atoms. The summed E-state index contributed by atoms with van der Waals surface area (Å²) in [5.41, 5.74) is 0.623. The maximum Gasteiger partial charge on any atom is 0.322 e. The van der Waals surface area contributed by atoms with Crippen molar-refractivity contribution in [1.29, 1.82) is 0 Å². The lowest BCUT2D eigenvalue weighted by Crippen LogP contribution is -2.54. The van der Waals surface area contributed by atoms with Gasteiger partial charge >= 0.3 is 6.03 Å². The van der Waals surface area contributed by atoms with E-state index in [0.29, 0.717) is 49.3 Å². The number of carbonyl (C=O) groups is 2. The molecule has 2 aliphatic rings. The lowest BCUT2D eigenvalue weighted by molar-refractivity contribution is -0.123. The Labute approximate surface area is 175 Å². The van der Waals surface area contributed by atoms with Gasteiger partial charge in [-0.05, 0) is 45.2 Å². The van der Waals surface area contributed by atoms with Crippen molar-refractivity contribution in [3.05, 3.63) is 36.0 Å². The van der Waals surface area contributed by atoms with E-state index >= 15 is 0 Å². The fraction of sp³-hybridized carbons (Fsp3) is 0.524. The Morgan fingerprint density at radius 2 is 2.07 bits per heavy atom. The summed E-state index contributed by atoms with van der Waals surface area (Å²) >= 11 is 0. The molecule has 3 amide bonds. The molecule has 1 aliphatic heterocycles. The number of anilines is 1. The lowest BCUT2D eigenvalue weighted by Gasteiger charge is -2.37. The molecule has 30 heavy (non-hydrogen) atoms. The van der Waals surface area contributed by atoms with Crippen LogP contribution in [-0.2, 0) is 4.79 Å².